The second-order valence-corrected chi connectivity index (χ2v) is 5.46. The molecule has 1 rings (SSSR count). The van der Waals surface area contributed by atoms with Gasteiger partial charge in [-0.15, -0.1) is 0 Å². The van der Waals surface area contributed by atoms with Crippen molar-refractivity contribution in [1.29, 1.82) is 0 Å². The third kappa shape index (κ3) is 3.71. The van der Waals surface area contributed by atoms with Gasteiger partial charge in [-0.05, 0) is 36.8 Å². The Kier molecular flexibility index (Phi) is 4.69. The summed E-state index contributed by atoms with van der Waals surface area (Å²) in [6.07, 6.45) is 0. The van der Waals surface area contributed by atoms with E-state index < -0.39 is 10.3 Å². The van der Waals surface area contributed by atoms with Crippen molar-refractivity contribution in [2.75, 3.05) is 21.2 Å². The summed E-state index contributed by atoms with van der Waals surface area (Å²) in [6, 6.07) is 6.53. The number of hydrogen-bond acceptors (Lipinski definition) is 5. The first-order chi connectivity index (χ1) is 8.36. The molecule has 0 amide bonds. The smallest absolute Gasteiger partial charge is 0.384 e. The fraction of sp³-hybridized carbons (Fsp3) is 0.364. The maximum Gasteiger partial charge on any atom is 0.384 e. The Morgan fingerprint density at radius 1 is 1.22 bits per heavy atom. The minimum absolute atomic E-state index is 0.248. The van der Waals surface area contributed by atoms with Crippen LogP contribution in [0.4, 0.5) is 0 Å². The Bertz CT molecular complexity index is 520. The summed E-state index contributed by atoms with van der Waals surface area (Å²) < 4.78 is 28.8. The molecule has 0 saturated carbocycles. The van der Waals surface area contributed by atoms with Crippen LogP contribution in [-0.4, -0.2) is 39.6 Å². The van der Waals surface area contributed by atoms with Gasteiger partial charge in [-0.2, -0.15) is 12.7 Å². The van der Waals surface area contributed by atoms with Crippen LogP contribution in [0.15, 0.2) is 29.4 Å². The number of hydrogen-bond donors (Lipinski definition) is 0. The summed E-state index contributed by atoms with van der Waals surface area (Å²) >= 11 is 0. The molecule has 1 aromatic carbocycles. The molecule has 18 heavy (non-hydrogen) atoms. The molecule has 0 atom stereocenters. The highest BCUT2D eigenvalue weighted by Crippen LogP contribution is 2.15. The molecular weight excluding hydrogens is 256 g/mol. The lowest BCUT2D eigenvalue weighted by Crippen LogP contribution is -2.27. The number of rotatable bonds is 5. The van der Waals surface area contributed by atoms with Crippen LogP contribution < -0.4 is 4.18 Å². The van der Waals surface area contributed by atoms with Crippen molar-refractivity contribution >= 4 is 16.0 Å². The quantitative estimate of drug-likeness (QED) is 0.597. The predicted molar refractivity (Wildman–Crippen MR) is 68.9 cm³/mol. The van der Waals surface area contributed by atoms with Gasteiger partial charge in [0.1, 0.15) is 12.9 Å². The van der Waals surface area contributed by atoms with Gasteiger partial charge >= 0.3 is 10.3 Å². The lowest BCUT2D eigenvalue weighted by atomic mass is 10.1. The van der Waals surface area contributed by atoms with Gasteiger partial charge in [0.05, 0.1) is 5.71 Å². The van der Waals surface area contributed by atoms with Crippen LogP contribution in [0.3, 0.4) is 0 Å². The van der Waals surface area contributed by atoms with E-state index in [0.717, 1.165) is 9.87 Å². The maximum absolute atomic E-state index is 11.5. The first kappa shape index (κ1) is 14.5. The molecule has 7 heteroatoms. The molecule has 0 N–H and O–H groups in total. The first-order valence-corrected chi connectivity index (χ1v) is 6.53. The van der Waals surface area contributed by atoms with E-state index in [1.54, 1.807) is 31.2 Å². The third-order valence-electron chi connectivity index (χ3n) is 2.15. The molecular formula is C11H16N2O4S. The van der Waals surface area contributed by atoms with Crippen molar-refractivity contribution in [3.63, 3.8) is 0 Å². The Morgan fingerprint density at radius 3 is 2.22 bits per heavy atom. The highest BCUT2D eigenvalue weighted by Gasteiger charge is 2.15. The monoisotopic (exact) mass is 272 g/mol. The standard InChI is InChI=1S/C11H16N2O4S/c1-9(12-16-4)10-5-7-11(8-6-10)17-18(14,15)13(2)3/h5-8H,1-4H3. The number of oxime groups is 1. The minimum Gasteiger partial charge on any atom is -0.399 e. The maximum atomic E-state index is 11.5. The average molecular weight is 272 g/mol. The van der Waals surface area contributed by atoms with Gasteiger partial charge in [0.25, 0.3) is 0 Å². The molecule has 0 aliphatic rings. The zero-order chi connectivity index (χ0) is 13.8. The molecule has 0 aromatic heterocycles. The van der Waals surface area contributed by atoms with Gasteiger partial charge in [-0.25, -0.2) is 0 Å². The van der Waals surface area contributed by atoms with Crippen LogP contribution in [0.5, 0.6) is 5.75 Å². The molecule has 0 saturated heterocycles. The Labute approximate surface area is 107 Å². The van der Waals surface area contributed by atoms with Crippen molar-refractivity contribution in [3.8, 4) is 5.75 Å². The van der Waals surface area contributed by atoms with E-state index in [1.165, 1.54) is 21.2 Å². The highest BCUT2D eigenvalue weighted by molar-refractivity contribution is 7.84. The van der Waals surface area contributed by atoms with E-state index in [-0.39, 0.29) is 5.75 Å². The summed E-state index contributed by atoms with van der Waals surface area (Å²) in [5.74, 6) is 0.248. The van der Waals surface area contributed by atoms with Crippen LogP contribution >= 0.6 is 0 Å². The van der Waals surface area contributed by atoms with Crippen LogP contribution in [0.2, 0.25) is 0 Å². The molecule has 0 fully saturated rings. The van der Waals surface area contributed by atoms with Crippen molar-refractivity contribution in [3.05, 3.63) is 29.8 Å². The third-order valence-corrected chi connectivity index (χ3v) is 3.45. The molecule has 0 bridgehead atoms. The molecule has 1 aromatic rings. The van der Waals surface area contributed by atoms with Crippen molar-refractivity contribution in [2.45, 2.75) is 6.92 Å². The van der Waals surface area contributed by atoms with Crippen LogP contribution in [-0.2, 0) is 15.1 Å². The molecule has 0 heterocycles. The van der Waals surface area contributed by atoms with Crippen LogP contribution in [0, 0.1) is 0 Å². The SMILES string of the molecule is CON=C(C)c1ccc(OS(=O)(=O)N(C)C)cc1. The van der Waals surface area contributed by atoms with Crippen molar-refractivity contribution < 1.29 is 17.4 Å². The van der Waals surface area contributed by atoms with Gasteiger partial charge in [-0.3, -0.25) is 0 Å². The fourth-order valence-electron chi connectivity index (χ4n) is 1.14. The zero-order valence-corrected chi connectivity index (χ0v) is 11.6. The molecule has 0 aliphatic heterocycles. The summed E-state index contributed by atoms with van der Waals surface area (Å²) in [5, 5.41) is 3.78. The average Bonchev–Trinajstić information content (AvgIpc) is 2.29. The first-order valence-electron chi connectivity index (χ1n) is 5.17. The second kappa shape index (κ2) is 5.83. The minimum atomic E-state index is -3.72. The lowest BCUT2D eigenvalue weighted by Gasteiger charge is -2.12. The van der Waals surface area contributed by atoms with E-state index in [9.17, 15) is 8.42 Å². The van der Waals surface area contributed by atoms with Gasteiger partial charge < -0.3 is 9.02 Å². The van der Waals surface area contributed by atoms with E-state index >= 15 is 0 Å². The van der Waals surface area contributed by atoms with Gasteiger partial charge in [0.2, 0.25) is 0 Å². The van der Waals surface area contributed by atoms with E-state index in [0.29, 0.717) is 5.71 Å². The summed E-state index contributed by atoms with van der Waals surface area (Å²) in [7, 11) is 0.551. The van der Waals surface area contributed by atoms with Gasteiger partial charge in [0, 0.05) is 14.1 Å². The number of benzene rings is 1. The molecule has 0 unspecified atom stereocenters. The summed E-state index contributed by atoms with van der Waals surface area (Å²) in [6.45, 7) is 1.79. The molecule has 0 radical (unpaired) electrons. The van der Waals surface area contributed by atoms with E-state index in [2.05, 4.69) is 9.99 Å². The highest BCUT2D eigenvalue weighted by atomic mass is 32.2. The summed E-state index contributed by atoms with van der Waals surface area (Å²) in [5.41, 5.74) is 1.52. The summed E-state index contributed by atoms with van der Waals surface area (Å²) in [4.78, 5) is 4.65. The molecule has 6 nitrogen and oxygen atoms in total. The van der Waals surface area contributed by atoms with Crippen molar-refractivity contribution in [1.82, 2.24) is 4.31 Å². The van der Waals surface area contributed by atoms with E-state index in [4.69, 9.17) is 4.18 Å². The topological polar surface area (TPSA) is 68.2 Å². The lowest BCUT2D eigenvalue weighted by molar-refractivity contribution is 0.213. The normalized spacial score (nSPS) is 12.6. The van der Waals surface area contributed by atoms with Gasteiger partial charge in [0.15, 0.2) is 0 Å². The van der Waals surface area contributed by atoms with Crippen LogP contribution in [0.25, 0.3) is 0 Å². The zero-order valence-electron chi connectivity index (χ0n) is 10.7. The molecule has 100 valence electrons. The fourth-order valence-corrected chi connectivity index (χ4v) is 1.64. The van der Waals surface area contributed by atoms with Gasteiger partial charge in [-0.1, -0.05) is 5.16 Å². The molecule has 0 spiro atoms. The van der Waals surface area contributed by atoms with Crippen molar-refractivity contribution in [2.24, 2.45) is 5.16 Å². The molecule has 0 aliphatic carbocycles. The Hall–Kier alpha value is -1.60. The second-order valence-electron chi connectivity index (χ2n) is 3.71. The van der Waals surface area contributed by atoms with Crippen LogP contribution in [0.1, 0.15) is 12.5 Å². The Morgan fingerprint density at radius 2 is 1.78 bits per heavy atom. The largest absolute Gasteiger partial charge is 0.399 e. The predicted octanol–water partition coefficient (Wildman–Crippen LogP) is 1.24. The number of nitrogens with zero attached hydrogens (tertiary/aromatic N) is 2. The Balaban J connectivity index is 2.88. The van der Waals surface area contributed by atoms with E-state index in [1.807, 2.05) is 0 Å².